The van der Waals surface area contributed by atoms with Gasteiger partial charge in [0.15, 0.2) is 0 Å². The summed E-state index contributed by atoms with van der Waals surface area (Å²) in [5.74, 6) is 0.0405. The number of carbonyl (C=O) groups is 1. The van der Waals surface area contributed by atoms with Crippen LogP contribution in [0.1, 0.15) is 25.8 Å². The Balaban J connectivity index is 1.92. The molecule has 1 heterocycles. The number of hydrogen-bond donors (Lipinski definition) is 3. The highest BCUT2D eigenvalue weighted by molar-refractivity contribution is 6.30. The second-order valence-corrected chi connectivity index (χ2v) is 8.66. The van der Waals surface area contributed by atoms with Gasteiger partial charge in [-0.05, 0) is 42.2 Å². The molecule has 8 nitrogen and oxygen atoms in total. The van der Waals surface area contributed by atoms with E-state index in [1.54, 1.807) is 29.2 Å². The first-order chi connectivity index (χ1) is 15.7. The van der Waals surface area contributed by atoms with Crippen molar-refractivity contribution in [3.63, 3.8) is 0 Å². The second-order valence-electron chi connectivity index (χ2n) is 8.22. The molecule has 1 amide bonds. The number of benzene rings is 2. The monoisotopic (exact) mass is 469 g/mol. The third kappa shape index (κ3) is 6.49. The maximum absolute atomic E-state index is 12.8. The molecule has 0 aliphatic carbocycles. The molecule has 0 atom stereocenters. The van der Waals surface area contributed by atoms with Gasteiger partial charge in [-0.1, -0.05) is 55.8 Å². The number of H-pyrrole nitrogens is 1. The molecule has 4 N–H and O–H groups in total. The summed E-state index contributed by atoms with van der Waals surface area (Å²) >= 11 is 5.90. The maximum atomic E-state index is 12.8. The lowest BCUT2D eigenvalue weighted by molar-refractivity contribution is -0.115. The fourth-order valence-electron chi connectivity index (χ4n) is 3.40. The number of nitrogens with two attached hydrogens (primary N) is 1. The molecule has 0 unspecified atom stereocenters. The van der Waals surface area contributed by atoms with Gasteiger partial charge in [-0.2, -0.15) is 0 Å². The summed E-state index contributed by atoms with van der Waals surface area (Å²) in [6.07, 6.45) is 0.727. The number of amides is 1. The van der Waals surface area contributed by atoms with Crippen LogP contribution in [0.4, 0.5) is 17.2 Å². The zero-order valence-corrected chi connectivity index (χ0v) is 19.4. The zero-order chi connectivity index (χ0) is 24.0. The lowest BCUT2D eigenvalue weighted by Gasteiger charge is -2.26. The van der Waals surface area contributed by atoms with E-state index in [2.05, 4.69) is 24.1 Å². The molecule has 0 aliphatic heterocycles. The number of anilines is 3. The van der Waals surface area contributed by atoms with Gasteiger partial charge in [-0.25, -0.2) is 4.79 Å². The fraction of sp³-hybridized carbons (Fsp3) is 0.292. The van der Waals surface area contributed by atoms with Gasteiger partial charge in [0.05, 0.1) is 13.1 Å². The minimum atomic E-state index is -0.620. The summed E-state index contributed by atoms with van der Waals surface area (Å²) in [5, 5.41) is 3.36. The molecule has 2 aromatic carbocycles. The van der Waals surface area contributed by atoms with Crippen LogP contribution in [0.5, 0.6) is 0 Å². The number of nitrogen functional groups attached to an aromatic ring is 1. The van der Waals surface area contributed by atoms with Crippen LogP contribution >= 0.6 is 11.6 Å². The van der Waals surface area contributed by atoms with Crippen LogP contribution < -0.4 is 27.2 Å². The summed E-state index contributed by atoms with van der Waals surface area (Å²) in [6.45, 7) is 4.62. The highest BCUT2D eigenvalue weighted by atomic mass is 35.5. The van der Waals surface area contributed by atoms with Crippen LogP contribution in [0.15, 0.2) is 64.2 Å². The largest absolute Gasteiger partial charge is 0.383 e. The van der Waals surface area contributed by atoms with Crippen molar-refractivity contribution in [3.8, 4) is 0 Å². The number of nitrogens with zero attached hydrogens (tertiary/aromatic N) is 2. The SMILES string of the molecule is CC(C)CCN(CC(=O)Nc1ccc(Cl)cc1)c1c(N)n(Cc2ccccc2)c(=O)[nH]c1=O. The second kappa shape index (κ2) is 10.9. The van der Waals surface area contributed by atoms with E-state index in [1.807, 2.05) is 30.3 Å². The van der Waals surface area contributed by atoms with Gasteiger partial charge in [0.2, 0.25) is 5.91 Å². The van der Waals surface area contributed by atoms with E-state index < -0.39 is 11.2 Å². The van der Waals surface area contributed by atoms with E-state index in [1.165, 1.54) is 4.57 Å². The molecule has 0 saturated heterocycles. The number of nitrogens with one attached hydrogen (secondary N) is 2. The lowest BCUT2D eigenvalue weighted by atomic mass is 10.1. The first-order valence-corrected chi connectivity index (χ1v) is 11.1. The predicted molar refractivity (Wildman–Crippen MR) is 133 cm³/mol. The first kappa shape index (κ1) is 24.1. The van der Waals surface area contributed by atoms with Gasteiger partial charge < -0.3 is 16.0 Å². The molecule has 0 saturated carbocycles. The summed E-state index contributed by atoms with van der Waals surface area (Å²) in [6, 6.07) is 16.1. The Labute approximate surface area is 197 Å². The topological polar surface area (TPSA) is 113 Å². The Morgan fingerprint density at radius 2 is 1.79 bits per heavy atom. The van der Waals surface area contributed by atoms with E-state index >= 15 is 0 Å². The average Bonchev–Trinajstić information content (AvgIpc) is 2.77. The maximum Gasteiger partial charge on any atom is 0.330 e. The van der Waals surface area contributed by atoms with Gasteiger partial charge in [-0.15, -0.1) is 0 Å². The molecule has 0 radical (unpaired) electrons. The Morgan fingerprint density at radius 1 is 1.12 bits per heavy atom. The average molecular weight is 470 g/mol. The van der Waals surface area contributed by atoms with Crippen LogP contribution in [-0.4, -0.2) is 28.5 Å². The van der Waals surface area contributed by atoms with Crippen molar-refractivity contribution >= 4 is 34.7 Å². The standard InChI is InChI=1S/C24H28ClN5O3/c1-16(2)12-13-29(15-20(31)27-19-10-8-18(25)9-11-19)21-22(26)30(24(33)28-23(21)32)14-17-6-4-3-5-7-17/h3-11,16H,12-15,26H2,1-2H3,(H,27,31)(H,28,32,33). The van der Waals surface area contributed by atoms with Crippen molar-refractivity contribution in [2.24, 2.45) is 5.92 Å². The minimum Gasteiger partial charge on any atom is -0.383 e. The minimum absolute atomic E-state index is 0.0238. The van der Waals surface area contributed by atoms with Gasteiger partial charge in [0, 0.05) is 17.3 Å². The van der Waals surface area contributed by atoms with E-state index in [-0.39, 0.29) is 30.5 Å². The number of carbonyl (C=O) groups excluding carboxylic acids is 1. The number of hydrogen-bond acceptors (Lipinski definition) is 5. The number of aromatic nitrogens is 2. The van der Waals surface area contributed by atoms with E-state index in [4.69, 9.17) is 17.3 Å². The molecular weight excluding hydrogens is 442 g/mol. The molecule has 3 rings (SSSR count). The Morgan fingerprint density at radius 3 is 2.42 bits per heavy atom. The summed E-state index contributed by atoms with van der Waals surface area (Å²) in [7, 11) is 0. The number of rotatable bonds is 9. The van der Waals surface area contributed by atoms with Crippen molar-refractivity contribution in [2.45, 2.75) is 26.8 Å². The van der Waals surface area contributed by atoms with Gasteiger partial charge in [0.1, 0.15) is 11.5 Å². The van der Waals surface area contributed by atoms with Crippen LogP contribution in [0, 0.1) is 5.92 Å². The number of halogens is 1. The molecule has 3 aromatic rings. The van der Waals surface area contributed by atoms with Crippen molar-refractivity contribution < 1.29 is 4.79 Å². The third-order valence-corrected chi connectivity index (χ3v) is 5.40. The van der Waals surface area contributed by atoms with E-state index in [0.29, 0.717) is 23.2 Å². The third-order valence-electron chi connectivity index (χ3n) is 5.15. The highest BCUT2D eigenvalue weighted by Crippen LogP contribution is 2.20. The van der Waals surface area contributed by atoms with Crippen LogP contribution in [0.3, 0.4) is 0 Å². The van der Waals surface area contributed by atoms with Crippen molar-refractivity contribution in [1.82, 2.24) is 9.55 Å². The number of aromatic amines is 1. The zero-order valence-electron chi connectivity index (χ0n) is 18.7. The summed E-state index contributed by atoms with van der Waals surface area (Å²) in [5.41, 5.74) is 6.68. The summed E-state index contributed by atoms with van der Waals surface area (Å²) < 4.78 is 1.31. The molecule has 0 bridgehead atoms. The molecule has 9 heteroatoms. The molecule has 174 valence electrons. The fourth-order valence-corrected chi connectivity index (χ4v) is 3.52. The van der Waals surface area contributed by atoms with E-state index in [9.17, 15) is 14.4 Å². The Hall–Kier alpha value is -3.52. The molecule has 1 aromatic heterocycles. The predicted octanol–water partition coefficient (Wildman–Crippen LogP) is 3.31. The Bertz CT molecular complexity index is 1200. The molecule has 33 heavy (non-hydrogen) atoms. The van der Waals surface area contributed by atoms with Crippen LogP contribution in [0.2, 0.25) is 5.02 Å². The molecule has 0 spiro atoms. The van der Waals surface area contributed by atoms with Crippen LogP contribution in [0.25, 0.3) is 0 Å². The molecule has 0 fully saturated rings. The highest BCUT2D eigenvalue weighted by Gasteiger charge is 2.21. The van der Waals surface area contributed by atoms with Crippen molar-refractivity contribution in [1.29, 1.82) is 0 Å². The van der Waals surface area contributed by atoms with Gasteiger partial charge in [0.25, 0.3) is 5.56 Å². The summed E-state index contributed by atoms with van der Waals surface area (Å²) in [4.78, 5) is 42.1. The first-order valence-electron chi connectivity index (χ1n) is 10.7. The van der Waals surface area contributed by atoms with Crippen molar-refractivity contribution in [3.05, 3.63) is 86.0 Å². The van der Waals surface area contributed by atoms with Crippen molar-refractivity contribution in [2.75, 3.05) is 29.0 Å². The molecule has 0 aliphatic rings. The van der Waals surface area contributed by atoms with Gasteiger partial charge >= 0.3 is 5.69 Å². The molecular formula is C24H28ClN5O3. The normalized spacial score (nSPS) is 10.9. The Kier molecular flexibility index (Phi) is 7.95. The van der Waals surface area contributed by atoms with Crippen LogP contribution in [-0.2, 0) is 11.3 Å². The lowest BCUT2D eigenvalue weighted by Crippen LogP contribution is -2.42. The quantitative estimate of drug-likeness (QED) is 0.445. The van der Waals surface area contributed by atoms with E-state index in [0.717, 1.165) is 12.0 Å². The van der Waals surface area contributed by atoms with Gasteiger partial charge in [-0.3, -0.25) is 19.1 Å². The smallest absolute Gasteiger partial charge is 0.330 e.